The van der Waals surface area contributed by atoms with E-state index < -0.39 is 0 Å². The second-order valence-electron chi connectivity index (χ2n) is 3.84. The summed E-state index contributed by atoms with van der Waals surface area (Å²) in [4.78, 5) is 0. The fourth-order valence-electron chi connectivity index (χ4n) is 1.38. The molecule has 0 aliphatic rings. The molecule has 0 spiro atoms. The van der Waals surface area contributed by atoms with Crippen LogP contribution in [0.15, 0.2) is 12.3 Å². The number of aryl methyl sites for hydroxylation is 1. The van der Waals surface area contributed by atoms with Crippen molar-refractivity contribution in [1.29, 1.82) is 0 Å². The van der Waals surface area contributed by atoms with E-state index in [0.717, 1.165) is 18.8 Å². The van der Waals surface area contributed by atoms with Crippen molar-refractivity contribution < 1.29 is 0 Å². The lowest BCUT2D eigenvalue weighted by Gasteiger charge is -2.12. The molecule has 0 saturated carbocycles. The molecule has 80 valence electrons. The molecule has 1 unspecified atom stereocenters. The van der Waals surface area contributed by atoms with Gasteiger partial charge >= 0.3 is 0 Å². The molecule has 0 saturated heterocycles. The molecule has 0 bridgehead atoms. The second kappa shape index (κ2) is 5.81. The van der Waals surface area contributed by atoms with E-state index in [1.54, 1.807) is 0 Å². The van der Waals surface area contributed by atoms with Crippen molar-refractivity contribution >= 4 is 0 Å². The van der Waals surface area contributed by atoms with Gasteiger partial charge in [0.25, 0.3) is 0 Å². The highest BCUT2D eigenvalue weighted by Crippen LogP contribution is 2.03. The van der Waals surface area contributed by atoms with Crippen LogP contribution in [0.4, 0.5) is 0 Å². The van der Waals surface area contributed by atoms with Gasteiger partial charge in [0.2, 0.25) is 0 Å². The van der Waals surface area contributed by atoms with Crippen molar-refractivity contribution in [2.45, 2.75) is 39.7 Å². The molecule has 3 heteroatoms. The van der Waals surface area contributed by atoms with Crippen LogP contribution in [0.25, 0.3) is 0 Å². The van der Waals surface area contributed by atoms with Crippen molar-refractivity contribution in [2.75, 3.05) is 13.1 Å². The van der Waals surface area contributed by atoms with Crippen molar-refractivity contribution in [1.82, 2.24) is 15.1 Å². The first kappa shape index (κ1) is 11.2. The Morgan fingerprint density at radius 2 is 2.36 bits per heavy atom. The molecule has 1 aromatic heterocycles. The number of rotatable bonds is 6. The zero-order valence-corrected chi connectivity index (χ0v) is 9.45. The summed E-state index contributed by atoms with van der Waals surface area (Å²) in [5, 5.41) is 7.82. The average Bonchev–Trinajstić information content (AvgIpc) is 2.59. The molecule has 1 atom stereocenters. The molecule has 1 rings (SSSR count). The summed E-state index contributed by atoms with van der Waals surface area (Å²) in [5.41, 5.74) is 1.09. The molecule has 0 aromatic carbocycles. The first-order chi connectivity index (χ1) is 6.74. The van der Waals surface area contributed by atoms with Crippen molar-refractivity contribution in [2.24, 2.45) is 0 Å². The van der Waals surface area contributed by atoms with Gasteiger partial charge in [-0.2, -0.15) is 5.10 Å². The molecule has 0 fully saturated rings. The molecule has 3 nitrogen and oxygen atoms in total. The molecule has 0 amide bonds. The minimum absolute atomic E-state index is 0.445. The fourth-order valence-corrected chi connectivity index (χ4v) is 1.38. The van der Waals surface area contributed by atoms with E-state index >= 15 is 0 Å². The minimum atomic E-state index is 0.445. The highest BCUT2D eigenvalue weighted by molar-refractivity contribution is 4.95. The standard InChI is InChI=1S/C11H21N3/c1-4-5-7-12-9-11(3)14-8-6-10(2)13-14/h6,8,11-12H,4-5,7,9H2,1-3H3. The van der Waals surface area contributed by atoms with Gasteiger partial charge in [-0.25, -0.2) is 0 Å². The van der Waals surface area contributed by atoms with Crippen LogP contribution in [-0.4, -0.2) is 22.9 Å². The van der Waals surface area contributed by atoms with Crippen molar-refractivity contribution in [3.8, 4) is 0 Å². The SMILES string of the molecule is CCCCNCC(C)n1ccc(C)n1. The third-order valence-electron chi connectivity index (χ3n) is 2.34. The van der Waals surface area contributed by atoms with Crippen LogP contribution in [0, 0.1) is 6.92 Å². The Morgan fingerprint density at radius 1 is 1.57 bits per heavy atom. The van der Waals surface area contributed by atoms with Gasteiger partial charge in [-0.15, -0.1) is 0 Å². The molecule has 1 aromatic rings. The number of unbranched alkanes of at least 4 members (excludes halogenated alkanes) is 1. The lowest BCUT2D eigenvalue weighted by Crippen LogP contribution is -2.24. The first-order valence-corrected chi connectivity index (χ1v) is 5.46. The zero-order valence-electron chi connectivity index (χ0n) is 9.45. The van der Waals surface area contributed by atoms with Gasteiger partial charge in [0, 0.05) is 12.7 Å². The van der Waals surface area contributed by atoms with Gasteiger partial charge in [0.05, 0.1) is 11.7 Å². The zero-order chi connectivity index (χ0) is 10.4. The van der Waals surface area contributed by atoms with Gasteiger partial charge < -0.3 is 5.32 Å². The largest absolute Gasteiger partial charge is 0.315 e. The molecule has 0 radical (unpaired) electrons. The van der Waals surface area contributed by atoms with E-state index in [-0.39, 0.29) is 0 Å². The van der Waals surface area contributed by atoms with E-state index in [0.29, 0.717) is 6.04 Å². The Labute approximate surface area is 86.5 Å². The predicted octanol–water partition coefficient (Wildman–Crippen LogP) is 2.14. The number of aromatic nitrogens is 2. The smallest absolute Gasteiger partial charge is 0.0615 e. The van der Waals surface area contributed by atoms with Crippen LogP contribution >= 0.6 is 0 Å². The molecular weight excluding hydrogens is 174 g/mol. The predicted molar refractivity (Wildman–Crippen MR) is 59.5 cm³/mol. The van der Waals surface area contributed by atoms with E-state index in [4.69, 9.17) is 0 Å². The number of hydrogen-bond acceptors (Lipinski definition) is 2. The number of hydrogen-bond donors (Lipinski definition) is 1. The van der Waals surface area contributed by atoms with Crippen molar-refractivity contribution in [3.05, 3.63) is 18.0 Å². The van der Waals surface area contributed by atoms with Crippen LogP contribution in [-0.2, 0) is 0 Å². The summed E-state index contributed by atoms with van der Waals surface area (Å²) in [6, 6.07) is 2.49. The van der Waals surface area contributed by atoms with Crippen LogP contribution < -0.4 is 5.32 Å². The number of nitrogens with one attached hydrogen (secondary N) is 1. The Hall–Kier alpha value is -0.830. The van der Waals surface area contributed by atoms with Gasteiger partial charge in [0.15, 0.2) is 0 Å². The topological polar surface area (TPSA) is 29.9 Å². The second-order valence-corrected chi connectivity index (χ2v) is 3.84. The van der Waals surface area contributed by atoms with Gasteiger partial charge in [-0.3, -0.25) is 4.68 Å². The van der Waals surface area contributed by atoms with Crippen molar-refractivity contribution in [3.63, 3.8) is 0 Å². The highest BCUT2D eigenvalue weighted by Gasteiger charge is 2.03. The Balaban J connectivity index is 2.25. The van der Waals surface area contributed by atoms with Crippen LogP contribution in [0.1, 0.15) is 38.4 Å². The summed E-state index contributed by atoms with van der Waals surface area (Å²) >= 11 is 0. The molecule has 0 aliphatic heterocycles. The third kappa shape index (κ3) is 3.50. The van der Waals surface area contributed by atoms with Gasteiger partial charge in [-0.05, 0) is 32.9 Å². The highest BCUT2D eigenvalue weighted by atomic mass is 15.3. The van der Waals surface area contributed by atoms with E-state index in [1.807, 2.05) is 23.9 Å². The molecular formula is C11H21N3. The number of nitrogens with zero attached hydrogens (tertiary/aromatic N) is 2. The minimum Gasteiger partial charge on any atom is -0.315 e. The summed E-state index contributed by atoms with van der Waals surface area (Å²) in [6.07, 6.45) is 4.55. The van der Waals surface area contributed by atoms with Crippen LogP contribution in [0.5, 0.6) is 0 Å². The maximum absolute atomic E-state index is 4.39. The summed E-state index contributed by atoms with van der Waals surface area (Å²) in [7, 11) is 0. The van der Waals surface area contributed by atoms with E-state index in [1.165, 1.54) is 12.8 Å². The summed E-state index contributed by atoms with van der Waals surface area (Å²) in [5.74, 6) is 0. The normalized spacial score (nSPS) is 13.1. The van der Waals surface area contributed by atoms with Crippen LogP contribution in [0.3, 0.4) is 0 Å². The Kier molecular flexibility index (Phi) is 4.66. The lowest BCUT2D eigenvalue weighted by molar-refractivity contribution is 0.449. The quantitative estimate of drug-likeness (QED) is 0.705. The Morgan fingerprint density at radius 3 is 2.93 bits per heavy atom. The maximum Gasteiger partial charge on any atom is 0.0615 e. The van der Waals surface area contributed by atoms with E-state index in [9.17, 15) is 0 Å². The van der Waals surface area contributed by atoms with E-state index in [2.05, 4.69) is 24.3 Å². The monoisotopic (exact) mass is 195 g/mol. The lowest BCUT2D eigenvalue weighted by atomic mass is 10.3. The Bertz CT molecular complexity index is 255. The molecule has 1 N–H and O–H groups in total. The molecule has 14 heavy (non-hydrogen) atoms. The fraction of sp³-hybridized carbons (Fsp3) is 0.727. The molecule has 0 aliphatic carbocycles. The molecule has 1 heterocycles. The maximum atomic E-state index is 4.39. The third-order valence-corrected chi connectivity index (χ3v) is 2.34. The summed E-state index contributed by atoms with van der Waals surface area (Å²) < 4.78 is 2.02. The van der Waals surface area contributed by atoms with Gasteiger partial charge in [0.1, 0.15) is 0 Å². The average molecular weight is 195 g/mol. The first-order valence-electron chi connectivity index (χ1n) is 5.46. The van der Waals surface area contributed by atoms with Gasteiger partial charge in [-0.1, -0.05) is 13.3 Å². The summed E-state index contributed by atoms with van der Waals surface area (Å²) in [6.45, 7) is 8.53. The van der Waals surface area contributed by atoms with Crippen LogP contribution in [0.2, 0.25) is 0 Å².